The molecule has 114 valence electrons. The molecule has 4 nitrogen and oxygen atoms in total. The van der Waals surface area contributed by atoms with E-state index >= 15 is 0 Å². The molecule has 1 atom stereocenters. The van der Waals surface area contributed by atoms with Crippen LogP contribution in [0.1, 0.15) is 36.5 Å². The molecule has 1 aliphatic heterocycles. The number of ether oxygens (including phenoxy) is 2. The van der Waals surface area contributed by atoms with E-state index in [0.717, 1.165) is 23.9 Å². The van der Waals surface area contributed by atoms with Gasteiger partial charge in [0.05, 0.1) is 0 Å². The summed E-state index contributed by atoms with van der Waals surface area (Å²) in [6, 6.07) is 13.0. The molecule has 0 bridgehead atoms. The van der Waals surface area contributed by atoms with Gasteiger partial charge in [-0.25, -0.2) is 4.98 Å². The van der Waals surface area contributed by atoms with Crippen molar-refractivity contribution in [3.05, 3.63) is 53.7 Å². The van der Waals surface area contributed by atoms with Crippen molar-refractivity contribution >= 4 is 0 Å². The summed E-state index contributed by atoms with van der Waals surface area (Å²) in [6.45, 7) is 1.47. The Morgan fingerprint density at radius 3 is 2.77 bits per heavy atom. The predicted octanol–water partition coefficient (Wildman–Crippen LogP) is 3.24. The van der Waals surface area contributed by atoms with Crippen LogP contribution in [0.15, 0.2) is 42.6 Å². The Morgan fingerprint density at radius 2 is 2.00 bits per heavy atom. The van der Waals surface area contributed by atoms with Crippen molar-refractivity contribution < 1.29 is 9.47 Å². The zero-order chi connectivity index (χ0) is 14.8. The molecule has 1 aromatic carbocycles. The predicted molar refractivity (Wildman–Crippen MR) is 84.0 cm³/mol. The number of fused-ring (bicyclic) bond motifs is 1. The maximum Gasteiger partial charge on any atom is 0.257 e. The topological polar surface area (TPSA) is 43.4 Å². The van der Waals surface area contributed by atoms with Gasteiger partial charge in [0.15, 0.2) is 11.9 Å². The minimum Gasteiger partial charge on any atom is -0.484 e. The third-order valence-electron chi connectivity index (χ3n) is 4.43. The van der Waals surface area contributed by atoms with Crippen LogP contribution in [0.25, 0.3) is 0 Å². The van der Waals surface area contributed by atoms with Gasteiger partial charge < -0.3 is 14.8 Å². The molecule has 0 radical (unpaired) electrons. The van der Waals surface area contributed by atoms with Gasteiger partial charge in [-0.1, -0.05) is 30.7 Å². The highest BCUT2D eigenvalue weighted by Gasteiger charge is 2.23. The Labute approximate surface area is 130 Å². The number of hydrogen-bond acceptors (Lipinski definition) is 4. The number of aromatic nitrogens is 1. The molecule has 2 heterocycles. The van der Waals surface area contributed by atoms with E-state index in [4.69, 9.17) is 9.47 Å². The van der Waals surface area contributed by atoms with Crippen LogP contribution in [0, 0.1) is 0 Å². The molecule has 0 amide bonds. The maximum absolute atomic E-state index is 5.93. The first-order valence-electron chi connectivity index (χ1n) is 7.95. The van der Waals surface area contributed by atoms with Crippen LogP contribution in [0.3, 0.4) is 0 Å². The Hall–Kier alpha value is -2.07. The van der Waals surface area contributed by atoms with Crippen molar-refractivity contribution in [2.75, 3.05) is 6.61 Å². The van der Waals surface area contributed by atoms with Crippen LogP contribution in [0.4, 0.5) is 0 Å². The fourth-order valence-corrected chi connectivity index (χ4v) is 2.80. The first kappa shape index (κ1) is 13.6. The molecule has 1 fully saturated rings. The van der Waals surface area contributed by atoms with Crippen LogP contribution in [0.2, 0.25) is 0 Å². The lowest BCUT2D eigenvalue weighted by molar-refractivity contribution is 0.0851. The van der Waals surface area contributed by atoms with Gasteiger partial charge >= 0.3 is 0 Å². The number of hydrogen-bond donors (Lipinski definition) is 1. The average molecular weight is 296 g/mol. The molecule has 4 heteroatoms. The van der Waals surface area contributed by atoms with Crippen LogP contribution in [-0.4, -0.2) is 17.6 Å². The Bertz CT molecular complexity index is 638. The molecule has 1 aromatic heterocycles. The highest BCUT2D eigenvalue weighted by molar-refractivity contribution is 5.35. The van der Waals surface area contributed by atoms with Crippen LogP contribution < -0.4 is 14.8 Å². The zero-order valence-corrected chi connectivity index (χ0v) is 12.5. The van der Waals surface area contributed by atoms with Gasteiger partial charge in [0.25, 0.3) is 5.88 Å². The second-order valence-electron chi connectivity index (χ2n) is 5.97. The summed E-state index contributed by atoms with van der Waals surface area (Å²) in [7, 11) is 0. The van der Waals surface area contributed by atoms with Gasteiger partial charge in [-0.2, -0.15) is 0 Å². The molecular weight excluding hydrogens is 276 g/mol. The summed E-state index contributed by atoms with van der Waals surface area (Å²) in [5, 5.41) is 3.58. The maximum atomic E-state index is 5.93. The molecule has 22 heavy (non-hydrogen) atoms. The van der Waals surface area contributed by atoms with Crippen molar-refractivity contribution in [3.63, 3.8) is 0 Å². The van der Waals surface area contributed by atoms with E-state index in [1.807, 2.05) is 12.1 Å². The summed E-state index contributed by atoms with van der Waals surface area (Å²) in [5.74, 6) is 1.30. The summed E-state index contributed by atoms with van der Waals surface area (Å²) in [6.07, 6.45) is 5.64. The van der Waals surface area contributed by atoms with E-state index in [9.17, 15) is 0 Å². The minimum atomic E-state index is -0.0870. The number of nitrogens with zero attached hydrogens (tertiary/aromatic N) is 1. The van der Waals surface area contributed by atoms with Crippen molar-refractivity contribution in [3.8, 4) is 11.6 Å². The molecule has 1 unspecified atom stereocenters. The zero-order valence-electron chi connectivity index (χ0n) is 12.5. The molecular formula is C18H20N2O2. The van der Waals surface area contributed by atoms with E-state index in [1.54, 1.807) is 6.20 Å². The van der Waals surface area contributed by atoms with E-state index in [1.165, 1.54) is 24.8 Å². The summed E-state index contributed by atoms with van der Waals surface area (Å²) >= 11 is 0. The molecule has 2 aliphatic rings. The van der Waals surface area contributed by atoms with Crippen molar-refractivity contribution in [1.82, 2.24) is 10.3 Å². The van der Waals surface area contributed by atoms with E-state index in [0.29, 0.717) is 12.5 Å². The molecule has 1 aliphatic carbocycles. The summed E-state index contributed by atoms with van der Waals surface area (Å²) in [5.41, 5.74) is 2.44. The number of rotatable bonds is 4. The normalized spacial score (nSPS) is 20.5. The van der Waals surface area contributed by atoms with Crippen molar-refractivity contribution in [2.45, 2.75) is 38.0 Å². The first-order chi connectivity index (χ1) is 10.9. The fourth-order valence-electron chi connectivity index (χ4n) is 2.80. The van der Waals surface area contributed by atoms with Crippen molar-refractivity contribution in [2.24, 2.45) is 0 Å². The number of pyridine rings is 1. The van der Waals surface area contributed by atoms with Gasteiger partial charge in [0, 0.05) is 18.8 Å². The Morgan fingerprint density at radius 1 is 1.14 bits per heavy atom. The van der Waals surface area contributed by atoms with Crippen LogP contribution in [0.5, 0.6) is 11.6 Å². The molecule has 1 saturated carbocycles. The lowest BCUT2D eigenvalue weighted by atomic mass is 9.93. The second kappa shape index (κ2) is 5.97. The summed E-state index contributed by atoms with van der Waals surface area (Å²) < 4.78 is 11.7. The Kier molecular flexibility index (Phi) is 3.69. The lowest BCUT2D eigenvalue weighted by Crippen LogP contribution is -2.34. The van der Waals surface area contributed by atoms with Gasteiger partial charge in [-0.05, 0) is 36.1 Å². The average Bonchev–Trinajstić information content (AvgIpc) is 2.54. The molecule has 1 N–H and O–H groups in total. The van der Waals surface area contributed by atoms with E-state index < -0.39 is 0 Å². The highest BCUT2D eigenvalue weighted by Crippen LogP contribution is 2.33. The Balaban J connectivity index is 1.40. The standard InChI is InChI=1S/C18H20N2O2/c1-3-15(4-1)20-11-13-6-8-14(9-7-13)17-12-21-16-5-2-10-19-18(16)22-17/h2,5-10,15,17,20H,1,3-4,11-12H2. The van der Waals surface area contributed by atoms with Gasteiger partial charge in [0.2, 0.25) is 0 Å². The third kappa shape index (κ3) is 2.79. The monoisotopic (exact) mass is 296 g/mol. The summed E-state index contributed by atoms with van der Waals surface area (Å²) in [4.78, 5) is 4.22. The second-order valence-corrected chi connectivity index (χ2v) is 5.97. The van der Waals surface area contributed by atoms with Crippen LogP contribution in [-0.2, 0) is 6.54 Å². The third-order valence-corrected chi connectivity index (χ3v) is 4.43. The van der Waals surface area contributed by atoms with Gasteiger partial charge in [-0.15, -0.1) is 0 Å². The highest BCUT2D eigenvalue weighted by atomic mass is 16.6. The number of nitrogens with one attached hydrogen (secondary N) is 1. The van der Waals surface area contributed by atoms with Crippen LogP contribution >= 0.6 is 0 Å². The molecule has 0 saturated heterocycles. The van der Waals surface area contributed by atoms with Gasteiger partial charge in [0.1, 0.15) is 6.61 Å². The van der Waals surface area contributed by atoms with Gasteiger partial charge in [-0.3, -0.25) is 0 Å². The van der Waals surface area contributed by atoms with Crippen molar-refractivity contribution in [1.29, 1.82) is 0 Å². The fraction of sp³-hybridized carbons (Fsp3) is 0.389. The number of benzene rings is 1. The SMILES string of the molecule is c1cnc2c(c1)OCC(c1ccc(CNC3CCC3)cc1)O2. The molecule has 4 rings (SSSR count). The first-order valence-corrected chi connectivity index (χ1v) is 7.95. The van der Waals surface area contributed by atoms with E-state index in [2.05, 4.69) is 34.6 Å². The quantitative estimate of drug-likeness (QED) is 0.940. The lowest BCUT2D eigenvalue weighted by Gasteiger charge is -2.27. The minimum absolute atomic E-state index is 0.0870. The molecule has 0 spiro atoms. The molecule has 2 aromatic rings. The largest absolute Gasteiger partial charge is 0.484 e. The smallest absolute Gasteiger partial charge is 0.257 e. The van der Waals surface area contributed by atoms with E-state index in [-0.39, 0.29) is 6.10 Å².